The van der Waals surface area contributed by atoms with Gasteiger partial charge in [0.1, 0.15) is 18.2 Å². The van der Waals surface area contributed by atoms with Crippen LogP contribution in [0.2, 0.25) is 5.02 Å². The lowest BCUT2D eigenvalue weighted by molar-refractivity contribution is -0.134. The molecule has 1 aliphatic rings. The van der Waals surface area contributed by atoms with Crippen molar-refractivity contribution in [3.8, 4) is 16.9 Å². The molecular formula is C40H42ClN7O5. The summed E-state index contributed by atoms with van der Waals surface area (Å²) < 4.78 is 5.89. The molecule has 3 N–H and O–H groups in total. The SMILES string of the molecule is CC(=O)O.CCN(CC)CCOc1ccc(Nc2ncc3c(n2)N(C)C(=O)N(c2cc(NC(=O)c4cccc(-c5ccccc5)c4)ccc2Cl)C3)cc1. The molecule has 0 bridgehead atoms. The molecule has 0 saturated heterocycles. The second kappa shape index (κ2) is 18.0. The second-order valence-electron chi connectivity index (χ2n) is 12.1. The van der Waals surface area contributed by atoms with Crippen LogP contribution >= 0.6 is 11.6 Å². The number of carbonyl (C=O) groups excluding carboxylic acids is 2. The number of nitrogens with one attached hydrogen (secondary N) is 2. The van der Waals surface area contributed by atoms with Gasteiger partial charge in [-0.2, -0.15) is 4.98 Å². The van der Waals surface area contributed by atoms with Crippen LogP contribution < -0.4 is 25.2 Å². The average molecular weight is 736 g/mol. The highest BCUT2D eigenvalue weighted by molar-refractivity contribution is 6.34. The number of fused-ring (bicyclic) bond motifs is 1. The van der Waals surface area contributed by atoms with Crippen LogP contribution in [0, 0.1) is 0 Å². The fourth-order valence-corrected chi connectivity index (χ4v) is 5.84. The van der Waals surface area contributed by atoms with E-state index >= 15 is 0 Å². The van der Waals surface area contributed by atoms with Gasteiger partial charge in [0, 0.05) is 49.2 Å². The summed E-state index contributed by atoms with van der Waals surface area (Å²) in [7, 11) is 1.66. The first-order valence-corrected chi connectivity index (χ1v) is 17.5. The number of urea groups is 1. The molecular weight excluding hydrogens is 694 g/mol. The monoisotopic (exact) mass is 735 g/mol. The quantitative estimate of drug-likeness (QED) is 0.116. The third kappa shape index (κ3) is 10.1. The van der Waals surface area contributed by atoms with Gasteiger partial charge in [0.25, 0.3) is 11.9 Å². The van der Waals surface area contributed by atoms with E-state index in [2.05, 4.69) is 39.3 Å². The smallest absolute Gasteiger partial charge is 0.330 e. The van der Waals surface area contributed by atoms with Crippen LogP contribution in [-0.2, 0) is 11.3 Å². The summed E-state index contributed by atoms with van der Waals surface area (Å²) in [6.07, 6.45) is 1.70. The number of likely N-dealkylation sites (N-methyl/N-ethyl adjacent to an activating group) is 1. The molecule has 0 unspecified atom stereocenters. The molecule has 0 fully saturated rings. The molecule has 0 atom stereocenters. The number of aliphatic carboxylic acids is 1. The lowest BCUT2D eigenvalue weighted by Crippen LogP contribution is -2.46. The van der Waals surface area contributed by atoms with Crippen LogP contribution in [0.5, 0.6) is 5.75 Å². The highest BCUT2D eigenvalue weighted by Gasteiger charge is 2.32. The van der Waals surface area contributed by atoms with Crippen LogP contribution in [0.3, 0.4) is 0 Å². The minimum absolute atomic E-state index is 0.203. The lowest BCUT2D eigenvalue weighted by Gasteiger charge is -2.34. The van der Waals surface area contributed by atoms with Gasteiger partial charge in [-0.15, -0.1) is 0 Å². The Bertz CT molecular complexity index is 2040. The topological polar surface area (TPSA) is 140 Å². The number of hydrogen-bond donors (Lipinski definition) is 3. The molecule has 13 heteroatoms. The number of carboxylic acids is 1. The molecule has 3 amide bonds. The van der Waals surface area contributed by atoms with Crippen molar-refractivity contribution in [2.24, 2.45) is 0 Å². The Morgan fingerprint density at radius 2 is 1.60 bits per heavy atom. The Morgan fingerprint density at radius 3 is 2.30 bits per heavy atom. The van der Waals surface area contributed by atoms with Crippen LogP contribution in [-0.4, -0.2) is 71.2 Å². The minimum Gasteiger partial charge on any atom is -0.492 e. The Balaban J connectivity index is 0.00000129. The Morgan fingerprint density at radius 1 is 0.925 bits per heavy atom. The number of carbonyl (C=O) groups is 3. The third-order valence-corrected chi connectivity index (χ3v) is 8.73. The zero-order valence-electron chi connectivity index (χ0n) is 30.0. The maximum Gasteiger partial charge on any atom is 0.330 e. The van der Waals surface area contributed by atoms with E-state index in [1.807, 2.05) is 72.8 Å². The van der Waals surface area contributed by atoms with Gasteiger partial charge in [0.05, 0.1) is 17.3 Å². The van der Waals surface area contributed by atoms with E-state index in [0.29, 0.717) is 40.3 Å². The number of amides is 3. The third-order valence-electron chi connectivity index (χ3n) is 8.41. The van der Waals surface area contributed by atoms with E-state index in [1.54, 1.807) is 42.4 Å². The average Bonchev–Trinajstić information content (AvgIpc) is 3.16. The highest BCUT2D eigenvalue weighted by atomic mass is 35.5. The summed E-state index contributed by atoms with van der Waals surface area (Å²) >= 11 is 6.62. The largest absolute Gasteiger partial charge is 0.492 e. The van der Waals surface area contributed by atoms with Crippen molar-refractivity contribution in [2.75, 3.05) is 53.7 Å². The Labute approximate surface area is 314 Å². The van der Waals surface area contributed by atoms with Crippen molar-refractivity contribution < 1.29 is 24.2 Å². The predicted molar refractivity (Wildman–Crippen MR) is 210 cm³/mol. The lowest BCUT2D eigenvalue weighted by atomic mass is 10.0. The van der Waals surface area contributed by atoms with Gasteiger partial charge in [-0.3, -0.25) is 19.4 Å². The van der Waals surface area contributed by atoms with Crippen molar-refractivity contribution in [3.63, 3.8) is 0 Å². The molecule has 1 aliphatic heterocycles. The number of rotatable bonds is 12. The van der Waals surface area contributed by atoms with E-state index in [-0.39, 0.29) is 18.5 Å². The molecule has 4 aromatic carbocycles. The molecule has 12 nitrogen and oxygen atoms in total. The van der Waals surface area contributed by atoms with Crippen molar-refractivity contribution in [1.29, 1.82) is 0 Å². The highest BCUT2D eigenvalue weighted by Crippen LogP contribution is 2.36. The normalized spacial score (nSPS) is 12.1. The summed E-state index contributed by atoms with van der Waals surface area (Å²) in [5, 5.41) is 14.0. The van der Waals surface area contributed by atoms with Gasteiger partial charge < -0.3 is 25.4 Å². The van der Waals surface area contributed by atoms with Crippen molar-refractivity contribution in [1.82, 2.24) is 14.9 Å². The number of nitrogens with zero attached hydrogens (tertiary/aromatic N) is 5. The van der Waals surface area contributed by atoms with Crippen LogP contribution in [0.15, 0.2) is 103 Å². The fourth-order valence-electron chi connectivity index (χ4n) is 5.62. The Kier molecular flexibility index (Phi) is 13.0. The number of aromatic nitrogens is 2. The van der Waals surface area contributed by atoms with Gasteiger partial charge in [-0.1, -0.05) is 67.9 Å². The number of halogens is 1. The number of anilines is 5. The molecule has 1 aromatic heterocycles. The van der Waals surface area contributed by atoms with E-state index < -0.39 is 5.97 Å². The minimum atomic E-state index is -0.833. The van der Waals surface area contributed by atoms with Crippen molar-refractivity contribution in [2.45, 2.75) is 27.3 Å². The van der Waals surface area contributed by atoms with E-state index in [4.69, 9.17) is 26.2 Å². The van der Waals surface area contributed by atoms with E-state index in [0.717, 1.165) is 54.7 Å². The molecule has 0 saturated carbocycles. The predicted octanol–water partition coefficient (Wildman–Crippen LogP) is 8.18. The first-order chi connectivity index (χ1) is 25.6. The maximum absolute atomic E-state index is 13.7. The summed E-state index contributed by atoms with van der Waals surface area (Å²) in [5.41, 5.74) is 4.97. The van der Waals surface area contributed by atoms with Crippen molar-refractivity contribution >= 4 is 58.3 Å². The number of benzene rings is 4. The summed E-state index contributed by atoms with van der Waals surface area (Å²) in [6.45, 7) is 9.05. The Hall–Kier alpha value is -5.98. The summed E-state index contributed by atoms with van der Waals surface area (Å²) in [5.74, 6) is 0.536. The van der Waals surface area contributed by atoms with Gasteiger partial charge in [0.15, 0.2) is 0 Å². The number of hydrogen-bond acceptors (Lipinski definition) is 8. The molecule has 5 aromatic rings. The molecule has 0 aliphatic carbocycles. The number of ether oxygens (including phenoxy) is 1. The van der Waals surface area contributed by atoms with Gasteiger partial charge >= 0.3 is 6.03 Å². The van der Waals surface area contributed by atoms with E-state index in [1.165, 1.54) is 4.90 Å². The van der Waals surface area contributed by atoms with Crippen LogP contribution in [0.4, 0.5) is 33.6 Å². The van der Waals surface area contributed by atoms with Crippen LogP contribution in [0.25, 0.3) is 11.1 Å². The van der Waals surface area contributed by atoms with E-state index in [9.17, 15) is 9.59 Å². The second-order valence-corrected chi connectivity index (χ2v) is 12.5. The summed E-state index contributed by atoms with van der Waals surface area (Å²) in [4.78, 5) is 50.4. The standard InChI is InChI=1S/C38H38ClN7O3.C2H4O2/c1-4-45(5-2)20-21-49-32-17-14-30(15-18-32)42-37-40-24-29-25-46(38(48)44(3)35(29)43-37)34-23-31(16-19-33(34)39)41-36(47)28-13-9-12-27(22-28)26-10-7-6-8-11-26;1-2(3)4/h6-19,22-24H,4-5,20-21,25H2,1-3H3,(H,41,47)(H,40,42,43);1H3,(H,3,4). The van der Waals surface area contributed by atoms with Crippen LogP contribution in [0.1, 0.15) is 36.7 Å². The van der Waals surface area contributed by atoms with Crippen molar-refractivity contribution in [3.05, 3.63) is 119 Å². The maximum atomic E-state index is 13.7. The van der Waals surface area contributed by atoms with Gasteiger partial charge in [-0.05, 0) is 78.8 Å². The van der Waals surface area contributed by atoms with Gasteiger partial charge in [0.2, 0.25) is 5.95 Å². The first-order valence-electron chi connectivity index (χ1n) is 17.2. The molecule has 53 heavy (non-hydrogen) atoms. The molecule has 0 radical (unpaired) electrons. The van der Waals surface area contributed by atoms with Gasteiger partial charge in [-0.25, -0.2) is 9.78 Å². The summed E-state index contributed by atoms with van der Waals surface area (Å²) in [6, 6.07) is 29.7. The fraction of sp³-hybridized carbons (Fsp3) is 0.225. The number of carboxylic acid groups (broad SMARTS) is 1. The first kappa shape index (κ1) is 38.3. The zero-order chi connectivity index (χ0) is 37.9. The molecule has 274 valence electrons. The zero-order valence-corrected chi connectivity index (χ0v) is 30.8. The molecule has 0 spiro atoms. The molecule has 2 heterocycles. The molecule has 6 rings (SSSR count).